The van der Waals surface area contributed by atoms with Gasteiger partial charge >= 0.3 is 0 Å². The van der Waals surface area contributed by atoms with Crippen LogP contribution in [-0.4, -0.2) is 15.9 Å². The van der Waals surface area contributed by atoms with E-state index in [0.29, 0.717) is 18.1 Å². The number of nitrogens with one attached hydrogen (secondary N) is 2. The largest absolute Gasteiger partial charge is 0.383 e. The summed E-state index contributed by atoms with van der Waals surface area (Å²) in [6.07, 6.45) is 0.399. The zero-order valence-electron chi connectivity index (χ0n) is 8.24. The van der Waals surface area contributed by atoms with Crippen molar-refractivity contribution >= 4 is 23.5 Å². The highest BCUT2D eigenvalue weighted by atomic mass is 16.1. The lowest BCUT2D eigenvalue weighted by Crippen LogP contribution is -2.25. The minimum Gasteiger partial charge on any atom is -0.383 e. The van der Waals surface area contributed by atoms with Crippen LogP contribution >= 0.6 is 0 Å². The van der Waals surface area contributed by atoms with E-state index >= 15 is 0 Å². The second-order valence-electron chi connectivity index (χ2n) is 3.49. The van der Waals surface area contributed by atoms with Crippen molar-refractivity contribution in [1.82, 2.24) is 9.97 Å². The first-order chi connectivity index (χ1) is 7.11. The Morgan fingerprint density at radius 3 is 2.93 bits per heavy atom. The van der Waals surface area contributed by atoms with Gasteiger partial charge in [0, 0.05) is 12.0 Å². The third-order valence-electron chi connectivity index (χ3n) is 2.35. The van der Waals surface area contributed by atoms with Crippen molar-refractivity contribution in [3.8, 4) is 0 Å². The maximum absolute atomic E-state index is 11.3. The van der Waals surface area contributed by atoms with Crippen LogP contribution < -0.4 is 22.3 Å². The fourth-order valence-electron chi connectivity index (χ4n) is 1.70. The van der Waals surface area contributed by atoms with E-state index in [1.807, 2.05) is 6.92 Å². The molecule has 80 valence electrons. The SMILES string of the molecule is CC1CC(=O)Nc2nc(NN)nc(N)c21. The molecule has 1 unspecified atom stereocenters. The fraction of sp³-hybridized carbons (Fsp3) is 0.375. The normalized spacial score (nSPS) is 19.3. The molecule has 0 saturated heterocycles. The van der Waals surface area contributed by atoms with E-state index in [1.165, 1.54) is 0 Å². The summed E-state index contributed by atoms with van der Waals surface area (Å²) in [5.41, 5.74) is 8.82. The molecular formula is C8H12N6O. The highest BCUT2D eigenvalue weighted by Crippen LogP contribution is 2.34. The van der Waals surface area contributed by atoms with Gasteiger partial charge in [0.1, 0.15) is 11.6 Å². The Hall–Kier alpha value is -1.89. The van der Waals surface area contributed by atoms with Crippen LogP contribution in [0.25, 0.3) is 0 Å². The predicted molar refractivity (Wildman–Crippen MR) is 55.9 cm³/mol. The van der Waals surface area contributed by atoms with Crippen LogP contribution in [0, 0.1) is 0 Å². The number of amides is 1. The number of hydrogen-bond donors (Lipinski definition) is 4. The van der Waals surface area contributed by atoms with Gasteiger partial charge in [-0.2, -0.15) is 9.97 Å². The number of nitrogens with two attached hydrogens (primary N) is 2. The quantitative estimate of drug-likeness (QED) is 0.374. The van der Waals surface area contributed by atoms with Crippen molar-refractivity contribution in [3.05, 3.63) is 5.56 Å². The topological polar surface area (TPSA) is 119 Å². The van der Waals surface area contributed by atoms with Crippen LogP contribution in [0.1, 0.15) is 24.8 Å². The molecule has 15 heavy (non-hydrogen) atoms. The summed E-state index contributed by atoms with van der Waals surface area (Å²) >= 11 is 0. The molecule has 1 aliphatic heterocycles. The highest BCUT2D eigenvalue weighted by molar-refractivity contribution is 5.94. The molecule has 7 nitrogen and oxygen atoms in total. The molecule has 2 rings (SSSR count). The van der Waals surface area contributed by atoms with Gasteiger partial charge in [-0.05, 0) is 5.92 Å². The zero-order valence-corrected chi connectivity index (χ0v) is 8.24. The van der Waals surface area contributed by atoms with Gasteiger partial charge < -0.3 is 11.1 Å². The molecule has 1 aromatic heterocycles. The lowest BCUT2D eigenvalue weighted by molar-refractivity contribution is -0.116. The Labute approximate surface area is 86.2 Å². The van der Waals surface area contributed by atoms with Crippen LogP contribution in [0.2, 0.25) is 0 Å². The third kappa shape index (κ3) is 1.57. The second kappa shape index (κ2) is 3.35. The Kier molecular flexibility index (Phi) is 2.16. The molecule has 1 atom stereocenters. The lowest BCUT2D eigenvalue weighted by atomic mass is 9.95. The number of carbonyl (C=O) groups excluding carboxylic acids is 1. The number of aromatic nitrogens is 2. The number of carbonyl (C=O) groups is 1. The van der Waals surface area contributed by atoms with Gasteiger partial charge in [-0.3, -0.25) is 10.2 Å². The molecule has 0 spiro atoms. The average Bonchev–Trinajstić information content (AvgIpc) is 2.15. The number of fused-ring (bicyclic) bond motifs is 1. The van der Waals surface area contributed by atoms with Crippen molar-refractivity contribution in [2.75, 3.05) is 16.5 Å². The number of anilines is 3. The van der Waals surface area contributed by atoms with Crippen molar-refractivity contribution in [2.24, 2.45) is 5.84 Å². The van der Waals surface area contributed by atoms with Gasteiger partial charge in [0.25, 0.3) is 0 Å². The third-order valence-corrected chi connectivity index (χ3v) is 2.35. The van der Waals surface area contributed by atoms with E-state index in [4.69, 9.17) is 11.6 Å². The Balaban J connectivity index is 2.54. The number of rotatable bonds is 1. The first-order valence-electron chi connectivity index (χ1n) is 4.55. The van der Waals surface area contributed by atoms with Crippen LogP contribution in [0.4, 0.5) is 17.6 Å². The average molecular weight is 208 g/mol. The van der Waals surface area contributed by atoms with Gasteiger partial charge in [-0.25, -0.2) is 5.84 Å². The van der Waals surface area contributed by atoms with E-state index in [2.05, 4.69) is 20.7 Å². The molecule has 0 radical (unpaired) electrons. The predicted octanol–water partition coefficient (Wildman–Crippen LogP) is -0.210. The van der Waals surface area contributed by atoms with E-state index in [9.17, 15) is 4.79 Å². The molecule has 0 aliphatic carbocycles. The first kappa shape index (κ1) is 9.66. The van der Waals surface area contributed by atoms with E-state index < -0.39 is 0 Å². The Bertz CT molecular complexity index is 418. The standard InChI is InChI=1S/C8H12N6O/c1-3-2-4(15)11-7-5(3)6(9)12-8(13-7)14-10/h3H,2,10H2,1H3,(H4,9,11,12,13,14,15). The van der Waals surface area contributed by atoms with Gasteiger partial charge in [0.15, 0.2) is 0 Å². The number of hydrogen-bond acceptors (Lipinski definition) is 6. The molecule has 1 amide bonds. The van der Waals surface area contributed by atoms with E-state index in [1.54, 1.807) is 0 Å². The maximum Gasteiger partial charge on any atom is 0.241 e. The molecule has 6 N–H and O–H groups in total. The molecular weight excluding hydrogens is 196 g/mol. The second-order valence-corrected chi connectivity index (χ2v) is 3.49. The molecule has 0 fully saturated rings. The monoisotopic (exact) mass is 208 g/mol. The number of nitrogens with zero attached hydrogens (tertiary/aromatic N) is 2. The lowest BCUT2D eigenvalue weighted by Gasteiger charge is -2.22. The fourth-order valence-corrected chi connectivity index (χ4v) is 1.70. The van der Waals surface area contributed by atoms with Crippen molar-refractivity contribution in [3.63, 3.8) is 0 Å². The van der Waals surface area contributed by atoms with Gasteiger partial charge in [0.2, 0.25) is 11.9 Å². The Morgan fingerprint density at radius 2 is 2.27 bits per heavy atom. The smallest absolute Gasteiger partial charge is 0.241 e. The highest BCUT2D eigenvalue weighted by Gasteiger charge is 2.26. The van der Waals surface area contributed by atoms with Crippen LogP contribution in [-0.2, 0) is 4.79 Å². The molecule has 1 aliphatic rings. The van der Waals surface area contributed by atoms with Gasteiger partial charge in [-0.15, -0.1) is 0 Å². The van der Waals surface area contributed by atoms with E-state index in [0.717, 1.165) is 5.56 Å². The van der Waals surface area contributed by atoms with Crippen molar-refractivity contribution < 1.29 is 4.79 Å². The molecule has 0 bridgehead atoms. The van der Waals surface area contributed by atoms with Gasteiger partial charge in [0.05, 0.1) is 0 Å². The summed E-state index contributed by atoms with van der Waals surface area (Å²) in [5.74, 6) is 6.12. The summed E-state index contributed by atoms with van der Waals surface area (Å²) < 4.78 is 0. The summed E-state index contributed by atoms with van der Waals surface area (Å²) in [4.78, 5) is 19.3. The number of nitrogen functional groups attached to an aromatic ring is 2. The Morgan fingerprint density at radius 1 is 1.53 bits per heavy atom. The summed E-state index contributed by atoms with van der Waals surface area (Å²) in [5, 5.41) is 2.64. The van der Waals surface area contributed by atoms with Crippen LogP contribution in [0.3, 0.4) is 0 Å². The number of hydrazine groups is 1. The molecule has 7 heteroatoms. The summed E-state index contributed by atoms with van der Waals surface area (Å²) in [6, 6.07) is 0. The van der Waals surface area contributed by atoms with Crippen LogP contribution in [0.15, 0.2) is 0 Å². The minimum absolute atomic E-state index is 0.0283. The molecule has 0 saturated carbocycles. The molecule has 0 aromatic carbocycles. The maximum atomic E-state index is 11.3. The van der Waals surface area contributed by atoms with Gasteiger partial charge in [-0.1, -0.05) is 6.92 Å². The van der Waals surface area contributed by atoms with Crippen LogP contribution in [0.5, 0.6) is 0 Å². The zero-order chi connectivity index (χ0) is 11.0. The van der Waals surface area contributed by atoms with E-state index in [-0.39, 0.29) is 17.8 Å². The summed E-state index contributed by atoms with van der Waals surface area (Å²) in [6.45, 7) is 1.91. The van der Waals surface area contributed by atoms with Crippen molar-refractivity contribution in [2.45, 2.75) is 19.3 Å². The minimum atomic E-state index is -0.0731. The molecule has 2 heterocycles. The van der Waals surface area contributed by atoms with Crippen molar-refractivity contribution in [1.29, 1.82) is 0 Å². The molecule has 1 aromatic rings. The summed E-state index contributed by atoms with van der Waals surface area (Å²) in [7, 11) is 0. The first-order valence-corrected chi connectivity index (χ1v) is 4.55.